The Hall–Kier alpha value is -2.49. The topological polar surface area (TPSA) is 96.0 Å². The van der Waals surface area contributed by atoms with Gasteiger partial charge in [-0.15, -0.1) is 0 Å². The van der Waals surface area contributed by atoms with Crippen molar-refractivity contribution in [1.82, 2.24) is 5.01 Å². The van der Waals surface area contributed by atoms with Gasteiger partial charge in [0.05, 0.1) is 10.8 Å². The van der Waals surface area contributed by atoms with Crippen molar-refractivity contribution in [3.8, 4) is 0 Å². The fraction of sp³-hybridized carbons (Fsp3) is 0.467. The van der Waals surface area contributed by atoms with Gasteiger partial charge in [-0.2, -0.15) is 23.3 Å². The minimum atomic E-state index is -5.11. The maximum atomic E-state index is 13.6. The van der Waals surface area contributed by atoms with Crippen LogP contribution in [0.15, 0.2) is 29.4 Å². The number of aliphatic hydroxyl groups is 1. The van der Waals surface area contributed by atoms with E-state index in [0.717, 1.165) is 18.2 Å². The molecule has 10 heteroatoms. The monoisotopic (exact) mass is 357 g/mol. The highest BCUT2D eigenvalue weighted by Gasteiger charge is 2.68. The molecule has 0 aromatic heterocycles. The van der Waals surface area contributed by atoms with Gasteiger partial charge in [-0.05, 0) is 25.3 Å². The summed E-state index contributed by atoms with van der Waals surface area (Å²) in [6, 6.07) is 4.31. The van der Waals surface area contributed by atoms with Crippen LogP contribution in [0, 0.1) is 16.0 Å². The number of non-ortho nitro benzene ring substituents is 1. The number of halogens is 3. The van der Waals surface area contributed by atoms with E-state index in [0.29, 0.717) is 12.8 Å². The van der Waals surface area contributed by atoms with Crippen LogP contribution < -0.4 is 0 Å². The average Bonchev–Trinajstić information content (AvgIpc) is 2.89. The number of nitro benzene ring substituents is 1. The van der Waals surface area contributed by atoms with Crippen molar-refractivity contribution < 1.29 is 28.0 Å². The number of benzene rings is 1. The van der Waals surface area contributed by atoms with Crippen molar-refractivity contribution >= 4 is 17.3 Å². The van der Waals surface area contributed by atoms with Gasteiger partial charge in [-0.3, -0.25) is 14.9 Å². The van der Waals surface area contributed by atoms with Crippen LogP contribution in [-0.4, -0.2) is 38.6 Å². The van der Waals surface area contributed by atoms with Gasteiger partial charge in [0.25, 0.3) is 17.3 Å². The first kappa shape index (κ1) is 17.3. The molecule has 1 N–H and O–H groups in total. The Morgan fingerprint density at radius 2 is 2.12 bits per heavy atom. The molecule has 7 nitrogen and oxygen atoms in total. The van der Waals surface area contributed by atoms with E-state index in [4.69, 9.17) is 0 Å². The molecular formula is C15H14F3N3O4. The highest BCUT2D eigenvalue weighted by Crippen LogP contribution is 2.48. The molecule has 1 heterocycles. The normalized spacial score (nSPS) is 26.2. The third-order valence-corrected chi connectivity index (χ3v) is 4.53. The first-order valence-electron chi connectivity index (χ1n) is 7.61. The number of hydrazone groups is 1. The average molecular weight is 357 g/mol. The molecule has 25 heavy (non-hydrogen) atoms. The smallest absolute Gasteiger partial charge is 0.362 e. The summed E-state index contributed by atoms with van der Waals surface area (Å²) >= 11 is 0. The second-order valence-corrected chi connectivity index (χ2v) is 6.04. The lowest BCUT2D eigenvalue weighted by molar-refractivity contribution is -0.384. The molecule has 1 amide bonds. The van der Waals surface area contributed by atoms with Gasteiger partial charge in [-0.25, -0.2) is 0 Å². The molecule has 0 spiro atoms. The summed E-state index contributed by atoms with van der Waals surface area (Å²) in [6.45, 7) is 0. The molecule has 1 aromatic carbocycles. The quantitative estimate of drug-likeness (QED) is 0.650. The highest BCUT2D eigenvalue weighted by atomic mass is 19.4. The number of nitrogens with zero attached hydrogens (tertiary/aromatic N) is 3. The van der Waals surface area contributed by atoms with Gasteiger partial charge < -0.3 is 5.11 Å². The van der Waals surface area contributed by atoms with Crippen LogP contribution in [0.3, 0.4) is 0 Å². The lowest BCUT2D eigenvalue weighted by atomic mass is 9.80. The van der Waals surface area contributed by atoms with E-state index in [-0.39, 0.29) is 29.1 Å². The largest absolute Gasteiger partial charge is 0.439 e. The highest BCUT2D eigenvalue weighted by molar-refractivity contribution is 5.99. The molecule has 1 aliphatic carbocycles. The predicted octanol–water partition coefficient (Wildman–Crippen LogP) is 2.85. The lowest BCUT2D eigenvalue weighted by Gasteiger charge is -2.38. The molecule has 2 aliphatic rings. The zero-order valence-electron chi connectivity index (χ0n) is 12.9. The van der Waals surface area contributed by atoms with Crippen LogP contribution in [0.1, 0.15) is 36.0 Å². The standard InChI is InChI=1S/C15H14F3N3O4/c16-15(17,18)14(23)11-6-1-2-7-12(11)19-20(14)13(22)9-4-3-5-10(8-9)21(24)25/h3-5,8,11,23H,1-2,6-7H2. The van der Waals surface area contributed by atoms with Gasteiger partial charge in [-0.1, -0.05) is 12.5 Å². The Labute approximate surface area is 139 Å². The van der Waals surface area contributed by atoms with Crippen LogP contribution in [-0.2, 0) is 0 Å². The van der Waals surface area contributed by atoms with E-state index >= 15 is 0 Å². The molecule has 1 fully saturated rings. The summed E-state index contributed by atoms with van der Waals surface area (Å²) in [7, 11) is 0. The van der Waals surface area contributed by atoms with Crippen molar-refractivity contribution in [2.75, 3.05) is 0 Å². The number of hydrogen-bond acceptors (Lipinski definition) is 5. The van der Waals surface area contributed by atoms with Gasteiger partial charge in [0.2, 0.25) is 0 Å². The molecule has 134 valence electrons. The SMILES string of the molecule is O=C(c1cccc([N+](=O)[O-])c1)N1N=C2CCCCC2C1(O)C(F)(F)F. The van der Waals surface area contributed by atoms with E-state index in [1.165, 1.54) is 6.07 Å². The van der Waals surface area contributed by atoms with Gasteiger partial charge >= 0.3 is 6.18 Å². The summed E-state index contributed by atoms with van der Waals surface area (Å²) in [5.41, 5.74) is -4.10. The van der Waals surface area contributed by atoms with Crippen LogP contribution in [0.5, 0.6) is 0 Å². The van der Waals surface area contributed by atoms with Gasteiger partial charge in [0.1, 0.15) is 0 Å². The van der Waals surface area contributed by atoms with Gasteiger partial charge in [0, 0.05) is 23.4 Å². The second-order valence-electron chi connectivity index (χ2n) is 6.04. The van der Waals surface area contributed by atoms with Crippen molar-refractivity contribution in [2.24, 2.45) is 11.0 Å². The fourth-order valence-electron chi connectivity index (χ4n) is 3.29. The summed E-state index contributed by atoms with van der Waals surface area (Å²) in [5.74, 6) is -2.55. The summed E-state index contributed by atoms with van der Waals surface area (Å²) in [4.78, 5) is 22.6. The van der Waals surface area contributed by atoms with E-state index in [9.17, 15) is 33.2 Å². The Morgan fingerprint density at radius 1 is 1.40 bits per heavy atom. The third-order valence-electron chi connectivity index (χ3n) is 4.53. The molecule has 1 aliphatic heterocycles. The molecule has 1 saturated carbocycles. The van der Waals surface area contributed by atoms with Crippen molar-refractivity contribution in [2.45, 2.75) is 37.6 Å². The Kier molecular flexibility index (Phi) is 4.02. The summed E-state index contributed by atoms with van der Waals surface area (Å²) in [5, 5.41) is 25.0. The second kappa shape index (κ2) is 5.80. The molecule has 0 bridgehead atoms. The Bertz CT molecular complexity index is 765. The number of alkyl halides is 3. The van der Waals surface area contributed by atoms with Crippen LogP contribution in [0.2, 0.25) is 0 Å². The Balaban J connectivity index is 2.04. The Morgan fingerprint density at radius 3 is 2.76 bits per heavy atom. The zero-order chi connectivity index (χ0) is 18.4. The number of carbonyl (C=O) groups excluding carboxylic acids is 1. The number of rotatable bonds is 2. The number of carbonyl (C=O) groups is 1. The van der Waals surface area contributed by atoms with E-state index < -0.39 is 34.3 Å². The number of nitro groups is 1. The minimum Gasteiger partial charge on any atom is -0.362 e. The van der Waals surface area contributed by atoms with E-state index in [2.05, 4.69) is 5.10 Å². The van der Waals surface area contributed by atoms with Crippen LogP contribution >= 0.6 is 0 Å². The van der Waals surface area contributed by atoms with E-state index in [1.54, 1.807) is 0 Å². The molecular weight excluding hydrogens is 343 g/mol. The van der Waals surface area contributed by atoms with E-state index in [1.807, 2.05) is 0 Å². The minimum absolute atomic E-state index is 0.0391. The molecule has 2 unspecified atom stereocenters. The number of amides is 1. The van der Waals surface area contributed by atoms with Crippen LogP contribution in [0.4, 0.5) is 18.9 Å². The first-order chi connectivity index (χ1) is 11.7. The third kappa shape index (κ3) is 2.66. The van der Waals surface area contributed by atoms with Crippen molar-refractivity contribution in [1.29, 1.82) is 0 Å². The number of hydrogen-bond donors (Lipinski definition) is 1. The summed E-state index contributed by atoms with van der Waals surface area (Å²) < 4.78 is 40.9. The lowest BCUT2D eigenvalue weighted by Crippen LogP contribution is -2.61. The summed E-state index contributed by atoms with van der Waals surface area (Å²) in [6.07, 6.45) is -3.67. The molecule has 0 radical (unpaired) electrons. The number of fused-ring (bicyclic) bond motifs is 1. The maximum absolute atomic E-state index is 13.6. The zero-order valence-corrected chi connectivity index (χ0v) is 12.9. The van der Waals surface area contributed by atoms with Crippen molar-refractivity contribution in [3.63, 3.8) is 0 Å². The molecule has 0 saturated heterocycles. The van der Waals surface area contributed by atoms with Gasteiger partial charge in [0.15, 0.2) is 0 Å². The molecule has 3 rings (SSSR count). The fourth-order valence-corrected chi connectivity index (χ4v) is 3.29. The van der Waals surface area contributed by atoms with Crippen molar-refractivity contribution in [3.05, 3.63) is 39.9 Å². The van der Waals surface area contributed by atoms with Crippen LogP contribution in [0.25, 0.3) is 0 Å². The predicted molar refractivity (Wildman–Crippen MR) is 79.7 cm³/mol. The molecule has 1 aromatic rings. The molecule has 2 atom stereocenters. The maximum Gasteiger partial charge on any atom is 0.439 e. The first-order valence-corrected chi connectivity index (χ1v) is 7.61.